The van der Waals surface area contributed by atoms with E-state index in [-0.39, 0.29) is 41.4 Å². The van der Waals surface area contributed by atoms with Gasteiger partial charge in [-0.1, -0.05) is 48.0 Å². The molecule has 2 N–H and O–H groups in total. The van der Waals surface area contributed by atoms with Crippen LogP contribution in [0.3, 0.4) is 0 Å². The van der Waals surface area contributed by atoms with Crippen LogP contribution in [-0.2, 0) is 30.0 Å². The zero-order valence-corrected chi connectivity index (χ0v) is 22.2. The summed E-state index contributed by atoms with van der Waals surface area (Å²) in [7, 11) is 0. The number of amides is 2. The molecular formula is C31H22ClF3N4O2. The van der Waals surface area contributed by atoms with Gasteiger partial charge in [0.1, 0.15) is 17.5 Å². The molecule has 4 aromatic carbocycles. The average molecular weight is 575 g/mol. The molecule has 0 atom stereocenters. The molecule has 0 radical (unpaired) electrons. The number of benzene rings is 4. The summed E-state index contributed by atoms with van der Waals surface area (Å²) in [5.41, 5.74) is 7.72. The Morgan fingerprint density at radius 2 is 1.41 bits per heavy atom. The molecule has 0 saturated heterocycles. The van der Waals surface area contributed by atoms with Gasteiger partial charge in [-0.3, -0.25) is 14.5 Å². The lowest BCUT2D eigenvalue weighted by molar-refractivity contribution is -0.130. The van der Waals surface area contributed by atoms with Gasteiger partial charge in [0.05, 0.1) is 17.1 Å². The van der Waals surface area contributed by atoms with Gasteiger partial charge in [0.2, 0.25) is 0 Å². The minimum absolute atomic E-state index is 0.0405. The van der Waals surface area contributed by atoms with Gasteiger partial charge in [-0.15, -0.1) is 0 Å². The number of carbonyl (C=O) groups excluding carboxylic acids is 2. The highest BCUT2D eigenvalue weighted by Crippen LogP contribution is 2.40. The van der Waals surface area contributed by atoms with Gasteiger partial charge in [-0.2, -0.15) is 0 Å². The predicted octanol–water partition coefficient (Wildman–Crippen LogP) is 5.51. The number of aliphatic imine (C=N–C) groups is 1. The summed E-state index contributed by atoms with van der Waals surface area (Å²) >= 11 is 6.41. The van der Waals surface area contributed by atoms with E-state index >= 15 is 0 Å². The van der Waals surface area contributed by atoms with Crippen LogP contribution in [0.4, 0.5) is 13.2 Å². The Kier molecular flexibility index (Phi) is 6.54. The second-order valence-electron chi connectivity index (χ2n) is 9.97. The van der Waals surface area contributed by atoms with Crippen LogP contribution in [0.1, 0.15) is 38.2 Å². The van der Waals surface area contributed by atoms with Crippen LogP contribution < -0.4 is 5.73 Å². The number of fused-ring (bicyclic) bond motifs is 1. The van der Waals surface area contributed by atoms with E-state index in [2.05, 4.69) is 4.99 Å². The van der Waals surface area contributed by atoms with Crippen LogP contribution >= 0.6 is 11.6 Å². The molecule has 0 saturated carbocycles. The van der Waals surface area contributed by atoms with Crippen LogP contribution in [0.25, 0.3) is 0 Å². The second-order valence-corrected chi connectivity index (χ2v) is 10.4. The highest BCUT2D eigenvalue weighted by molar-refractivity contribution is 6.33. The fourth-order valence-electron chi connectivity index (χ4n) is 5.35. The highest BCUT2D eigenvalue weighted by Gasteiger charge is 2.50. The van der Waals surface area contributed by atoms with E-state index in [1.165, 1.54) is 65.6 Å². The molecule has 2 heterocycles. The first-order valence-electron chi connectivity index (χ1n) is 12.7. The molecule has 10 heteroatoms. The van der Waals surface area contributed by atoms with E-state index in [1.54, 1.807) is 29.2 Å². The first kappa shape index (κ1) is 26.6. The summed E-state index contributed by atoms with van der Waals surface area (Å²) in [4.78, 5) is 34.9. The quantitative estimate of drug-likeness (QED) is 0.341. The normalized spacial score (nSPS) is 15.7. The molecule has 6 nitrogen and oxygen atoms in total. The number of nitrogens with zero attached hydrogens (tertiary/aromatic N) is 3. The third kappa shape index (κ3) is 4.62. The smallest absolute Gasteiger partial charge is 0.266 e. The van der Waals surface area contributed by atoms with Gasteiger partial charge < -0.3 is 10.6 Å². The van der Waals surface area contributed by atoms with Gasteiger partial charge >= 0.3 is 0 Å². The van der Waals surface area contributed by atoms with Crippen molar-refractivity contribution in [1.82, 2.24) is 9.80 Å². The highest BCUT2D eigenvalue weighted by atomic mass is 35.5. The lowest BCUT2D eigenvalue weighted by Crippen LogP contribution is -2.43. The standard InChI is InChI=1S/C31H22ClF3N4O2/c32-27-12-1-18(13-26(27)28(40)38-16-19-2-7-25(35)14-20(19)17-38)15-39-29(41)31(37-30(39)36,21-3-8-23(33)9-4-21)22-5-10-24(34)11-6-22/h1-14H,15-17H2,(H2,36,37). The van der Waals surface area contributed by atoms with E-state index in [9.17, 15) is 22.8 Å². The van der Waals surface area contributed by atoms with Gasteiger partial charge in [0, 0.05) is 13.1 Å². The lowest BCUT2D eigenvalue weighted by atomic mass is 9.82. The van der Waals surface area contributed by atoms with Crippen molar-refractivity contribution in [3.05, 3.63) is 141 Å². The molecule has 0 fully saturated rings. The number of carbonyl (C=O) groups is 2. The molecule has 41 heavy (non-hydrogen) atoms. The van der Waals surface area contributed by atoms with E-state index in [1.807, 2.05) is 0 Å². The minimum atomic E-state index is -1.66. The fraction of sp³-hybridized carbons (Fsp3) is 0.129. The second kappa shape index (κ2) is 10.1. The van der Waals surface area contributed by atoms with E-state index < -0.39 is 23.1 Å². The molecule has 0 aromatic heterocycles. The number of hydrogen-bond acceptors (Lipinski definition) is 4. The molecule has 0 spiro atoms. The maximum absolute atomic E-state index is 14.1. The molecule has 6 rings (SSSR count). The van der Waals surface area contributed by atoms with Crippen molar-refractivity contribution in [2.24, 2.45) is 10.7 Å². The SMILES string of the molecule is NC1=NC(c2ccc(F)cc2)(c2ccc(F)cc2)C(=O)N1Cc1ccc(Cl)c(C(=O)N2Cc3ccc(F)cc3C2)c1. The monoisotopic (exact) mass is 574 g/mol. The molecule has 0 bridgehead atoms. The first-order chi connectivity index (χ1) is 19.7. The topological polar surface area (TPSA) is 79.0 Å². The molecule has 0 aliphatic carbocycles. The fourth-order valence-corrected chi connectivity index (χ4v) is 5.55. The predicted molar refractivity (Wildman–Crippen MR) is 147 cm³/mol. The Morgan fingerprint density at radius 1 is 0.829 bits per heavy atom. The Balaban J connectivity index is 1.31. The van der Waals surface area contributed by atoms with Crippen LogP contribution in [0, 0.1) is 17.5 Å². The summed E-state index contributed by atoms with van der Waals surface area (Å²) in [5, 5.41) is 0.224. The van der Waals surface area contributed by atoms with Crippen molar-refractivity contribution in [1.29, 1.82) is 0 Å². The Bertz CT molecular complexity index is 1680. The zero-order chi connectivity index (χ0) is 28.9. The molecule has 206 valence electrons. The molecule has 2 aliphatic heterocycles. The molecule has 2 amide bonds. The molecule has 4 aromatic rings. The average Bonchev–Trinajstić information content (AvgIpc) is 3.49. The van der Waals surface area contributed by atoms with Gasteiger partial charge in [0.25, 0.3) is 11.8 Å². The van der Waals surface area contributed by atoms with Crippen molar-refractivity contribution < 1.29 is 22.8 Å². The maximum Gasteiger partial charge on any atom is 0.266 e. The van der Waals surface area contributed by atoms with Gasteiger partial charge in [0.15, 0.2) is 11.5 Å². The van der Waals surface area contributed by atoms with Crippen LogP contribution in [0.15, 0.2) is 89.9 Å². The number of guanidine groups is 1. The third-order valence-corrected chi connectivity index (χ3v) is 7.75. The summed E-state index contributed by atoms with van der Waals surface area (Å²) in [6.45, 7) is 0.521. The molecule has 0 unspecified atom stereocenters. The third-order valence-electron chi connectivity index (χ3n) is 7.42. The van der Waals surface area contributed by atoms with Crippen molar-refractivity contribution in [2.75, 3.05) is 0 Å². The number of halogens is 4. The molecular weight excluding hydrogens is 553 g/mol. The number of nitrogens with two attached hydrogens (primary N) is 1. The largest absolute Gasteiger partial charge is 0.369 e. The Morgan fingerprint density at radius 3 is 2.05 bits per heavy atom. The van der Waals surface area contributed by atoms with Gasteiger partial charge in [-0.25, -0.2) is 18.2 Å². The summed E-state index contributed by atoms with van der Waals surface area (Å²) in [6, 6.07) is 19.9. The van der Waals surface area contributed by atoms with Gasteiger partial charge in [-0.05, 0) is 76.3 Å². The number of hydrogen-bond donors (Lipinski definition) is 1. The lowest BCUT2D eigenvalue weighted by Gasteiger charge is -2.27. The van der Waals surface area contributed by atoms with Crippen LogP contribution in [0.5, 0.6) is 0 Å². The first-order valence-corrected chi connectivity index (χ1v) is 13.1. The van der Waals surface area contributed by atoms with Crippen molar-refractivity contribution in [3.8, 4) is 0 Å². The summed E-state index contributed by atoms with van der Waals surface area (Å²) in [6.07, 6.45) is 0. The van der Waals surface area contributed by atoms with Crippen LogP contribution in [-0.4, -0.2) is 27.6 Å². The minimum Gasteiger partial charge on any atom is -0.369 e. The van der Waals surface area contributed by atoms with Crippen molar-refractivity contribution in [2.45, 2.75) is 25.2 Å². The van der Waals surface area contributed by atoms with E-state index in [4.69, 9.17) is 17.3 Å². The molecule has 2 aliphatic rings. The summed E-state index contributed by atoms with van der Waals surface area (Å²) < 4.78 is 41.2. The van der Waals surface area contributed by atoms with Crippen molar-refractivity contribution in [3.63, 3.8) is 0 Å². The van der Waals surface area contributed by atoms with Crippen LogP contribution in [0.2, 0.25) is 5.02 Å². The number of rotatable bonds is 5. The Labute approximate surface area is 238 Å². The van der Waals surface area contributed by atoms with E-state index in [0.29, 0.717) is 23.2 Å². The van der Waals surface area contributed by atoms with Crippen molar-refractivity contribution >= 4 is 29.4 Å². The maximum atomic E-state index is 14.1. The van der Waals surface area contributed by atoms with E-state index in [0.717, 1.165) is 11.1 Å². The summed E-state index contributed by atoms with van der Waals surface area (Å²) in [5.74, 6) is -2.31. The zero-order valence-electron chi connectivity index (χ0n) is 21.5. The Hall–Kier alpha value is -4.63.